The second-order valence-electron chi connectivity index (χ2n) is 8.76. The molecule has 21 heavy (non-hydrogen) atoms. The quantitative estimate of drug-likeness (QED) is 0.850. The third kappa shape index (κ3) is 4.67. The Morgan fingerprint density at radius 2 is 1.86 bits per heavy atom. The average molecular weight is 296 g/mol. The van der Waals surface area contributed by atoms with E-state index in [-0.39, 0.29) is 0 Å². The molecule has 3 heteroatoms. The van der Waals surface area contributed by atoms with Crippen LogP contribution in [0.15, 0.2) is 0 Å². The minimum absolute atomic E-state index is 0.414. The van der Waals surface area contributed by atoms with E-state index in [1.807, 2.05) is 0 Å². The number of rotatable bonds is 2. The zero-order valence-corrected chi connectivity index (χ0v) is 14.9. The van der Waals surface area contributed by atoms with Crippen molar-refractivity contribution in [3.05, 3.63) is 0 Å². The number of nitrogens with zero attached hydrogens (tertiary/aromatic N) is 2. The summed E-state index contributed by atoms with van der Waals surface area (Å²) in [4.78, 5) is 5.18. The first-order chi connectivity index (χ1) is 9.77. The Morgan fingerprint density at radius 3 is 2.52 bits per heavy atom. The highest BCUT2D eigenvalue weighted by Crippen LogP contribution is 2.40. The Balaban J connectivity index is 1.96. The molecule has 0 radical (unpaired) electrons. The Labute approximate surface area is 132 Å². The highest BCUT2D eigenvalue weighted by Gasteiger charge is 2.35. The van der Waals surface area contributed by atoms with Crippen molar-refractivity contribution in [3.8, 4) is 0 Å². The van der Waals surface area contributed by atoms with Gasteiger partial charge < -0.3 is 10.6 Å². The summed E-state index contributed by atoms with van der Waals surface area (Å²) in [7, 11) is 2.25. The van der Waals surface area contributed by atoms with Crippen molar-refractivity contribution in [2.45, 2.75) is 65.5 Å². The lowest BCUT2D eigenvalue weighted by atomic mass is 9.67. The van der Waals surface area contributed by atoms with Gasteiger partial charge in [-0.1, -0.05) is 20.8 Å². The molecular formula is C18H37N3. The minimum Gasteiger partial charge on any atom is -0.327 e. The van der Waals surface area contributed by atoms with E-state index in [0.717, 1.165) is 5.92 Å². The summed E-state index contributed by atoms with van der Waals surface area (Å²) in [6.45, 7) is 14.5. The van der Waals surface area contributed by atoms with Gasteiger partial charge in [0.05, 0.1) is 0 Å². The number of nitrogens with two attached hydrogens (primary N) is 1. The van der Waals surface area contributed by atoms with Crippen LogP contribution < -0.4 is 5.73 Å². The smallest absolute Gasteiger partial charge is 0.0194 e. The molecule has 2 rings (SSSR count). The predicted molar refractivity (Wildman–Crippen MR) is 91.4 cm³/mol. The Morgan fingerprint density at radius 1 is 1.14 bits per heavy atom. The van der Waals surface area contributed by atoms with Gasteiger partial charge in [0.25, 0.3) is 0 Å². The fourth-order valence-electron chi connectivity index (χ4n) is 4.28. The summed E-state index contributed by atoms with van der Waals surface area (Å²) in [5.41, 5.74) is 6.91. The fraction of sp³-hybridized carbons (Fsp3) is 1.00. The maximum atomic E-state index is 6.48. The molecule has 0 aromatic heterocycles. The summed E-state index contributed by atoms with van der Waals surface area (Å²) >= 11 is 0. The first-order valence-corrected chi connectivity index (χ1v) is 8.95. The van der Waals surface area contributed by atoms with Gasteiger partial charge in [-0.25, -0.2) is 0 Å². The van der Waals surface area contributed by atoms with Crippen LogP contribution >= 0.6 is 0 Å². The van der Waals surface area contributed by atoms with E-state index >= 15 is 0 Å². The van der Waals surface area contributed by atoms with Crippen LogP contribution in [0.5, 0.6) is 0 Å². The molecule has 1 aliphatic carbocycles. The van der Waals surface area contributed by atoms with Gasteiger partial charge in [0.2, 0.25) is 0 Å². The van der Waals surface area contributed by atoms with Crippen LogP contribution in [0.2, 0.25) is 0 Å². The van der Waals surface area contributed by atoms with Crippen molar-refractivity contribution in [1.29, 1.82) is 0 Å². The van der Waals surface area contributed by atoms with Crippen LogP contribution in [0.4, 0.5) is 0 Å². The SMILES string of the molecule is CC1CN(C)CCCN1CC1CC(C(C)(C)C)CCC1N. The Kier molecular flexibility index (Phi) is 5.72. The van der Waals surface area contributed by atoms with Crippen LogP contribution in [0, 0.1) is 17.3 Å². The molecule has 0 bridgehead atoms. The molecule has 124 valence electrons. The molecule has 1 aliphatic heterocycles. The molecule has 1 saturated heterocycles. The first kappa shape index (κ1) is 17.2. The lowest BCUT2D eigenvalue weighted by Gasteiger charge is -2.43. The summed E-state index contributed by atoms with van der Waals surface area (Å²) in [6.07, 6.45) is 5.16. The van der Waals surface area contributed by atoms with Crippen LogP contribution in [0.3, 0.4) is 0 Å². The molecule has 0 spiro atoms. The van der Waals surface area contributed by atoms with Gasteiger partial charge >= 0.3 is 0 Å². The molecule has 0 amide bonds. The lowest BCUT2D eigenvalue weighted by Crippen LogP contribution is -2.48. The van der Waals surface area contributed by atoms with E-state index < -0.39 is 0 Å². The standard InChI is InChI=1S/C18H37N3/c1-14-12-20(5)9-6-10-21(14)13-15-11-16(18(2,3)4)7-8-17(15)19/h14-17H,6-13,19H2,1-5H3. The summed E-state index contributed by atoms with van der Waals surface area (Å²) in [5.74, 6) is 1.53. The van der Waals surface area contributed by atoms with Crippen LogP contribution in [0.1, 0.15) is 53.4 Å². The second kappa shape index (κ2) is 6.97. The van der Waals surface area contributed by atoms with Gasteiger partial charge in [-0.05, 0) is 70.0 Å². The van der Waals surface area contributed by atoms with Crippen LogP contribution in [-0.2, 0) is 0 Å². The summed E-state index contributed by atoms with van der Waals surface area (Å²) < 4.78 is 0. The first-order valence-electron chi connectivity index (χ1n) is 8.95. The maximum absolute atomic E-state index is 6.48. The van der Waals surface area contributed by atoms with Gasteiger partial charge in [0, 0.05) is 25.2 Å². The van der Waals surface area contributed by atoms with Crippen LogP contribution in [0.25, 0.3) is 0 Å². The molecule has 2 N–H and O–H groups in total. The van der Waals surface area contributed by atoms with Gasteiger partial charge in [0.1, 0.15) is 0 Å². The van der Waals surface area contributed by atoms with E-state index in [1.165, 1.54) is 51.9 Å². The lowest BCUT2D eigenvalue weighted by molar-refractivity contribution is 0.0867. The van der Waals surface area contributed by atoms with Crippen molar-refractivity contribution in [2.75, 3.05) is 33.2 Å². The molecule has 1 saturated carbocycles. The molecule has 1 heterocycles. The number of likely N-dealkylation sites (N-methyl/N-ethyl adjacent to an activating group) is 1. The molecule has 0 aromatic carbocycles. The zero-order chi connectivity index (χ0) is 15.6. The van der Waals surface area contributed by atoms with Gasteiger partial charge in [-0.15, -0.1) is 0 Å². The summed E-state index contributed by atoms with van der Waals surface area (Å²) in [5, 5.41) is 0. The predicted octanol–water partition coefficient (Wildman–Crippen LogP) is 2.80. The molecule has 2 aliphatic rings. The van der Waals surface area contributed by atoms with Gasteiger partial charge in [-0.3, -0.25) is 4.90 Å². The van der Waals surface area contributed by atoms with Crippen molar-refractivity contribution in [2.24, 2.45) is 23.0 Å². The third-order valence-corrected chi connectivity index (χ3v) is 5.92. The molecule has 0 aromatic rings. The van der Waals surface area contributed by atoms with E-state index in [1.54, 1.807) is 0 Å². The Bertz CT molecular complexity index is 323. The summed E-state index contributed by atoms with van der Waals surface area (Å²) in [6, 6.07) is 1.08. The fourth-order valence-corrected chi connectivity index (χ4v) is 4.28. The molecular weight excluding hydrogens is 258 g/mol. The normalized spacial score (nSPS) is 37.4. The van der Waals surface area contributed by atoms with Crippen molar-refractivity contribution >= 4 is 0 Å². The van der Waals surface area contributed by atoms with Crippen molar-refractivity contribution in [3.63, 3.8) is 0 Å². The van der Waals surface area contributed by atoms with Crippen LogP contribution in [-0.4, -0.2) is 55.1 Å². The van der Waals surface area contributed by atoms with E-state index in [9.17, 15) is 0 Å². The van der Waals surface area contributed by atoms with E-state index in [2.05, 4.69) is 44.5 Å². The largest absolute Gasteiger partial charge is 0.327 e. The maximum Gasteiger partial charge on any atom is 0.0194 e. The average Bonchev–Trinajstić information content (AvgIpc) is 2.52. The van der Waals surface area contributed by atoms with E-state index in [4.69, 9.17) is 5.73 Å². The molecule has 4 atom stereocenters. The van der Waals surface area contributed by atoms with E-state index in [0.29, 0.717) is 23.4 Å². The molecule has 4 unspecified atom stereocenters. The van der Waals surface area contributed by atoms with Gasteiger partial charge in [0.15, 0.2) is 0 Å². The highest BCUT2D eigenvalue weighted by atomic mass is 15.2. The number of hydrogen-bond acceptors (Lipinski definition) is 3. The molecule has 3 nitrogen and oxygen atoms in total. The highest BCUT2D eigenvalue weighted by molar-refractivity contribution is 4.90. The van der Waals surface area contributed by atoms with Crippen molar-refractivity contribution < 1.29 is 0 Å². The second-order valence-corrected chi connectivity index (χ2v) is 8.76. The Hall–Kier alpha value is -0.120. The molecule has 2 fully saturated rings. The third-order valence-electron chi connectivity index (χ3n) is 5.92. The number of hydrogen-bond donors (Lipinski definition) is 1. The van der Waals surface area contributed by atoms with Gasteiger partial charge in [-0.2, -0.15) is 0 Å². The van der Waals surface area contributed by atoms with Crippen molar-refractivity contribution in [1.82, 2.24) is 9.80 Å². The zero-order valence-electron chi connectivity index (χ0n) is 14.9. The monoisotopic (exact) mass is 295 g/mol. The topological polar surface area (TPSA) is 32.5 Å². The minimum atomic E-state index is 0.414.